The van der Waals surface area contributed by atoms with Crippen LogP contribution in [0.2, 0.25) is 0 Å². The molecule has 2 heterocycles. The third-order valence-corrected chi connectivity index (χ3v) is 11.8. The van der Waals surface area contributed by atoms with Crippen molar-refractivity contribution in [3.63, 3.8) is 0 Å². The Hall–Kier alpha value is -3.01. The van der Waals surface area contributed by atoms with Crippen LogP contribution in [0.3, 0.4) is 0 Å². The predicted molar refractivity (Wildman–Crippen MR) is 185 cm³/mol. The summed E-state index contributed by atoms with van der Waals surface area (Å²) in [7, 11) is 0. The van der Waals surface area contributed by atoms with Gasteiger partial charge in [0, 0.05) is 44.1 Å². The lowest BCUT2D eigenvalue weighted by Crippen LogP contribution is -2.58. The largest absolute Gasteiger partial charge is 0.385 e. The third kappa shape index (κ3) is 9.21. The van der Waals surface area contributed by atoms with E-state index in [1.54, 1.807) is 4.90 Å². The number of aliphatic hydroxyl groups excluding tert-OH is 1. The minimum atomic E-state index is -1.17. The van der Waals surface area contributed by atoms with Gasteiger partial charge in [0.05, 0.1) is 12.2 Å². The number of rotatable bonds is 16. The average Bonchev–Trinajstić information content (AvgIpc) is 3.65. The Labute approximate surface area is 292 Å². The monoisotopic (exact) mass is 678 g/mol. The van der Waals surface area contributed by atoms with Crippen LogP contribution in [0.25, 0.3) is 0 Å². The Balaban J connectivity index is 1.35. The molecule has 3 aliphatic carbocycles. The van der Waals surface area contributed by atoms with Crippen molar-refractivity contribution >= 4 is 29.2 Å². The van der Waals surface area contributed by atoms with Crippen molar-refractivity contribution in [1.82, 2.24) is 20.2 Å². The number of hydrogen-bond donors (Lipinski definition) is 2. The van der Waals surface area contributed by atoms with Crippen LogP contribution in [-0.2, 0) is 19.2 Å². The van der Waals surface area contributed by atoms with E-state index in [0.717, 1.165) is 70.6 Å². The molecule has 0 spiro atoms. The fourth-order valence-corrected chi connectivity index (χ4v) is 8.88. The summed E-state index contributed by atoms with van der Waals surface area (Å²) in [6, 6.07) is -1.54. The molecule has 2 N–H and O–H groups in total. The maximum Gasteiger partial charge on any atom is 0.246 e. The zero-order valence-electron chi connectivity index (χ0n) is 30.1. The molecule has 10 heteroatoms. The number of ketones is 3. The normalized spacial score (nSPS) is 25.2. The van der Waals surface area contributed by atoms with Crippen LogP contribution < -0.4 is 5.32 Å². The Morgan fingerprint density at radius 3 is 2.33 bits per heavy atom. The molecule has 1 saturated heterocycles. The lowest BCUT2D eigenvalue weighted by atomic mass is 9.76. The first-order chi connectivity index (χ1) is 23.4. The van der Waals surface area contributed by atoms with Gasteiger partial charge in [-0.2, -0.15) is 0 Å². The summed E-state index contributed by atoms with van der Waals surface area (Å²) in [5.74, 6) is -1.53. The van der Waals surface area contributed by atoms with E-state index in [4.69, 9.17) is 0 Å². The second kappa shape index (κ2) is 16.3. The SMILES string of the molecule is CCC[C@@H](CC(=O)[C@@H]1[C@H]2CCC[C@H]2CN1C(=O)[C@@H](NC(=O)[C@@H](CC(=O)c1cnccn1)C1CCCCC1)C(C)(C)C)C(O)C(=O)CC1CC1. The molecule has 0 radical (unpaired) electrons. The summed E-state index contributed by atoms with van der Waals surface area (Å²) in [5.41, 5.74) is -0.439. The van der Waals surface area contributed by atoms with Crippen molar-refractivity contribution in [2.75, 3.05) is 6.54 Å². The minimum absolute atomic E-state index is 0.00414. The molecule has 0 aromatic carbocycles. The fraction of sp³-hybridized carbons (Fsp3) is 0.769. The zero-order valence-corrected chi connectivity index (χ0v) is 30.1. The van der Waals surface area contributed by atoms with Gasteiger partial charge in [-0.1, -0.05) is 59.8 Å². The number of likely N-dealkylation sites (tertiary alicyclic amines) is 1. The summed E-state index contributed by atoms with van der Waals surface area (Å²) in [5, 5.41) is 14.2. The topological polar surface area (TPSA) is 147 Å². The number of nitrogens with one attached hydrogen (secondary N) is 1. The molecule has 49 heavy (non-hydrogen) atoms. The third-order valence-electron chi connectivity index (χ3n) is 11.8. The Morgan fingerprint density at radius 2 is 1.69 bits per heavy atom. The van der Waals surface area contributed by atoms with E-state index in [9.17, 15) is 29.1 Å². The van der Waals surface area contributed by atoms with Crippen LogP contribution in [0.1, 0.15) is 134 Å². The Morgan fingerprint density at radius 1 is 0.959 bits per heavy atom. The molecular weight excluding hydrogens is 620 g/mol. The van der Waals surface area contributed by atoms with E-state index >= 15 is 0 Å². The molecule has 270 valence electrons. The molecule has 7 atom stereocenters. The van der Waals surface area contributed by atoms with Crippen LogP contribution in [0.15, 0.2) is 18.6 Å². The molecule has 10 nitrogen and oxygen atoms in total. The lowest BCUT2D eigenvalue weighted by Gasteiger charge is -2.38. The molecule has 1 unspecified atom stereocenters. The number of fused-ring (bicyclic) bond motifs is 1. The molecule has 1 aromatic heterocycles. The molecule has 0 bridgehead atoms. The van der Waals surface area contributed by atoms with Crippen molar-refractivity contribution < 1.29 is 29.1 Å². The van der Waals surface area contributed by atoms with Crippen molar-refractivity contribution in [1.29, 1.82) is 0 Å². The summed E-state index contributed by atoms with van der Waals surface area (Å²) in [4.78, 5) is 79.3. The predicted octanol–water partition coefficient (Wildman–Crippen LogP) is 5.51. The number of Topliss-reactive ketones (excluding diaryl/α,β-unsaturated/α-hetero) is 3. The van der Waals surface area contributed by atoms with E-state index < -0.39 is 35.4 Å². The molecule has 1 aliphatic heterocycles. The van der Waals surface area contributed by atoms with Crippen molar-refractivity contribution in [2.24, 2.45) is 40.9 Å². The summed E-state index contributed by atoms with van der Waals surface area (Å²) >= 11 is 0. The van der Waals surface area contributed by atoms with Crippen molar-refractivity contribution in [3.05, 3.63) is 24.3 Å². The van der Waals surface area contributed by atoms with Gasteiger partial charge in [-0.25, -0.2) is 4.98 Å². The maximum atomic E-state index is 14.7. The zero-order chi connectivity index (χ0) is 35.3. The van der Waals surface area contributed by atoms with Crippen LogP contribution >= 0.6 is 0 Å². The van der Waals surface area contributed by atoms with E-state index in [0.29, 0.717) is 25.3 Å². The molecule has 1 aromatic rings. The quantitative estimate of drug-likeness (QED) is 0.218. The van der Waals surface area contributed by atoms with Gasteiger partial charge in [0.15, 0.2) is 17.3 Å². The van der Waals surface area contributed by atoms with Gasteiger partial charge in [0.1, 0.15) is 17.8 Å². The highest BCUT2D eigenvalue weighted by Gasteiger charge is 2.52. The molecule has 3 saturated carbocycles. The van der Waals surface area contributed by atoms with E-state index in [1.165, 1.54) is 18.6 Å². The minimum Gasteiger partial charge on any atom is -0.385 e. The number of aromatic nitrogens is 2. The number of aliphatic hydroxyl groups is 1. The van der Waals surface area contributed by atoms with Crippen LogP contribution in [0.4, 0.5) is 0 Å². The molecule has 2 amide bonds. The van der Waals surface area contributed by atoms with E-state index in [1.807, 2.05) is 27.7 Å². The maximum absolute atomic E-state index is 14.7. The van der Waals surface area contributed by atoms with Crippen molar-refractivity contribution in [2.45, 2.75) is 142 Å². The first-order valence-corrected chi connectivity index (χ1v) is 19.0. The van der Waals surface area contributed by atoms with Gasteiger partial charge >= 0.3 is 0 Å². The van der Waals surface area contributed by atoms with Gasteiger partial charge in [0.25, 0.3) is 0 Å². The van der Waals surface area contributed by atoms with Gasteiger partial charge in [0.2, 0.25) is 11.8 Å². The van der Waals surface area contributed by atoms with Crippen LogP contribution in [0.5, 0.6) is 0 Å². The highest BCUT2D eigenvalue weighted by molar-refractivity contribution is 5.98. The number of nitrogens with zero attached hydrogens (tertiary/aromatic N) is 3. The number of carbonyl (C=O) groups is 5. The molecule has 4 aliphatic rings. The second-order valence-electron chi connectivity index (χ2n) is 16.6. The highest BCUT2D eigenvalue weighted by atomic mass is 16.3. The first kappa shape index (κ1) is 37.3. The summed E-state index contributed by atoms with van der Waals surface area (Å²) in [6.45, 7) is 8.21. The van der Waals surface area contributed by atoms with E-state index in [2.05, 4.69) is 15.3 Å². The summed E-state index contributed by atoms with van der Waals surface area (Å²) < 4.78 is 0. The molecule has 5 rings (SSSR count). The molecular formula is C39H58N4O6. The first-order valence-electron chi connectivity index (χ1n) is 19.0. The molecule has 4 fully saturated rings. The Kier molecular flexibility index (Phi) is 12.4. The number of carbonyl (C=O) groups excluding carboxylic acids is 5. The number of amides is 2. The fourth-order valence-electron chi connectivity index (χ4n) is 8.88. The van der Waals surface area contributed by atoms with Gasteiger partial charge in [-0.3, -0.25) is 29.0 Å². The number of hydrogen-bond acceptors (Lipinski definition) is 8. The lowest BCUT2D eigenvalue weighted by molar-refractivity contribution is -0.145. The average molecular weight is 679 g/mol. The van der Waals surface area contributed by atoms with Gasteiger partial charge < -0.3 is 15.3 Å². The Bertz CT molecular complexity index is 1330. The van der Waals surface area contributed by atoms with Crippen molar-refractivity contribution in [3.8, 4) is 0 Å². The second-order valence-corrected chi connectivity index (χ2v) is 16.6. The van der Waals surface area contributed by atoms with E-state index in [-0.39, 0.29) is 65.5 Å². The standard InChI is InChI=1S/C39H58N4O6/c1-5-10-26(35(47)33(46)19-24-15-16-24)20-32(45)34-28-14-9-13-27(28)23-43(34)38(49)36(39(2,3)4)42-37(48)29(25-11-7-6-8-12-25)21-31(44)30-22-40-17-18-41-30/h17-18,22,24-29,34-36,47H,5-16,19-21,23H2,1-4H3,(H,42,48)/t26-,27-,28-,29-,34-,35?,36+/m0/s1. The van der Waals surface area contributed by atoms with Gasteiger partial charge in [-0.05, 0) is 80.0 Å². The van der Waals surface area contributed by atoms with Gasteiger partial charge in [-0.15, -0.1) is 0 Å². The highest BCUT2D eigenvalue weighted by Crippen LogP contribution is 2.44. The summed E-state index contributed by atoms with van der Waals surface area (Å²) in [6.07, 6.45) is 14.6. The smallest absolute Gasteiger partial charge is 0.246 e. The van der Waals surface area contributed by atoms with Crippen LogP contribution in [-0.4, -0.2) is 73.9 Å². The van der Waals surface area contributed by atoms with Crippen LogP contribution in [0, 0.1) is 40.9 Å².